The van der Waals surface area contributed by atoms with Crippen molar-refractivity contribution in [2.45, 2.75) is 50.7 Å². The molecule has 0 aliphatic heterocycles. The highest BCUT2D eigenvalue weighted by Crippen LogP contribution is 2.19. The molecule has 116 valence electrons. The topological polar surface area (TPSA) is 64.4 Å². The average Bonchev–Trinajstić information content (AvgIpc) is 2.80. The molecule has 1 unspecified atom stereocenters. The molecule has 21 heavy (non-hydrogen) atoms. The molecule has 1 aromatic carbocycles. The summed E-state index contributed by atoms with van der Waals surface area (Å²) >= 11 is 0. The van der Waals surface area contributed by atoms with Gasteiger partial charge in [-0.1, -0.05) is 56.0 Å². The lowest BCUT2D eigenvalue weighted by atomic mass is 10.1. The van der Waals surface area contributed by atoms with Gasteiger partial charge >= 0.3 is 0 Å². The lowest BCUT2D eigenvalue weighted by molar-refractivity contribution is -0.122. The number of amides is 1. The molecule has 3 N–H and O–H groups in total. The van der Waals surface area contributed by atoms with Gasteiger partial charge in [-0.3, -0.25) is 4.79 Å². The number of benzene rings is 1. The summed E-state index contributed by atoms with van der Waals surface area (Å²) < 4.78 is 5.84. The lowest BCUT2D eigenvalue weighted by Crippen LogP contribution is -2.36. The molecule has 1 amide bonds. The summed E-state index contributed by atoms with van der Waals surface area (Å²) in [5.41, 5.74) is 6.76. The van der Waals surface area contributed by atoms with Crippen molar-refractivity contribution in [2.75, 3.05) is 13.2 Å². The highest BCUT2D eigenvalue weighted by molar-refractivity contribution is 5.82. The van der Waals surface area contributed by atoms with Gasteiger partial charge in [0.05, 0.1) is 12.7 Å². The molecule has 0 radical (unpaired) electrons. The first kappa shape index (κ1) is 16.0. The zero-order valence-electron chi connectivity index (χ0n) is 12.6. The zero-order valence-corrected chi connectivity index (χ0v) is 12.6. The van der Waals surface area contributed by atoms with Crippen molar-refractivity contribution in [1.29, 1.82) is 0 Å². The van der Waals surface area contributed by atoms with Crippen molar-refractivity contribution >= 4 is 5.91 Å². The van der Waals surface area contributed by atoms with E-state index in [4.69, 9.17) is 10.5 Å². The van der Waals surface area contributed by atoms with E-state index in [2.05, 4.69) is 5.32 Å². The highest BCUT2D eigenvalue weighted by atomic mass is 16.5. The van der Waals surface area contributed by atoms with Crippen molar-refractivity contribution in [2.24, 2.45) is 5.73 Å². The predicted molar refractivity (Wildman–Crippen MR) is 83.8 cm³/mol. The van der Waals surface area contributed by atoms with Crippen LogP contribution in [0.2, 0.25) is 0 Å². The number of hydrogen-bond acceptors (Lipinski definition) is 3. The number of ether oxygens (including phenoxy) is 1. The molecule has 0 saturated heterocycles. The molecule has 4 nitrogen and oxygen atoms in total. The standard InChI is InChI=1S/C17H26N2O2/c18-16(14-8-4-3-5-9-14)17(20)19-12-13-21-15-10-6-1-2-7-11-15/h3-5,8-9,15-16H,1-2,6-7,10-13,18H2,(H,19,20). The fraction of sp³-hybridized carbons (Fsp3) is 0.588. The Morgan fingerprint density at radius 2 is 1.86 bits per heavy atom. The van der Waals surface area contributed by atoms with Gasteiger partial charge in [-0.05, 0) is 18.4 Å². The van der Waals surface area contributed by atoms with Crippen LogP contribution in [-0.4, -0.2) is 25.2 Å². The summed E-state index contributed by atoms with van der Waals surface area (Å²) in [6.45, 7) is 1.09. The maximum Gasteiger partial charge on any atom is 0.241 e. The molecule has 1 atom stereocenters. The minimum Gasteiger partial charge on any atom is -0.376 e. The minimum absolute atomic E-state index is 0.148. The Kier molecular flexibility index (Phi) is 6.70. The Labute approximate surface area is 127 Å². The van der Waals surface area contributed by atoms with Gasteiger partial charge in [0.15, 0.2) is 0 Å². The number of rotatable bonds is 6. The summed E-state index contributed by atoms with van der Waals surface area (Å²) in [4.78, 5) is 12.0. The van der Waals surface area contributed by atoms with Crippen LogP contribution in [-0.2, 0) is 9.53 Å². The second-order valence-electron chi connectivity index (χ2n) is 5.66. The van der Waals surface area contributed by atoms with Crippen molar-refractivity contribution in [1.82, 2.24) is 5.32 Å². The van der Waals surface area contributed by atoms with Crippen LogP contribution in [0.4, 0.5) is 0 Å². The van der Waals surface area contributed by atoms with Crippen LogP contribution in [0.15, 0.2) is 30.3 Å². The Morgan fingerprint density at radius 1 is 1.19 bits per heavy atom. The van der Waals surface area contributed by atoms with Crippen molar-refractivity contribution in [3.63, 3.8) is 0 Å². The van der Waals surface area contributed by atoms with E-state index in [0.29, 0.717) is 19.3 Å². The number of nitrogens with one attached hydrogen (secondary N) is 1. The van der Waals surface area contributed by atoms with Gasteiger partial charge in [0.1, 0.15) is 6.04 Å². The summed E-state index contributed by atoms with van der Waals surface area (Å²) in [7, 11) is 0. The Bertz CT molecular complexity index is 414. The first-order valence-corrected chi connectivity index (χ1v) is 7.97. The largest absolute Gasteiger partial charge is 0.376 e. The Morgan fingerprint density at radius 3 is 2.52 bits per heavy atom. The molecule has 1 fully saturated rings. The molecule has 1 aliphatic carbocycles. The lowest BCUT2D eigenvalue weighted by Gasteiger charge is -2.16. The SMILES string of the molecule is NC(C(=O)NCCOC1CCCCCC1)c1ccccc1. The molecule has 1 aromatic rings. The number of carbonyl (C=O) groups is 1. The van der Waals surface area contributed by atoms with Crippen LogP contribution in [0.3, 0.4) is 0 Å². The summed E-state index contributed by atoms with van der Waals surface area (Å²) in [6.07, 6.45) is 7.83. The van der Waals surface area contributed by atoms with Gasteiger partial charge in [-0.2, -0.15) is 0 Å². The minimum atomic E-state index is -0.607. The first-order chi connectivity index (χ1) is 10.3. The van der Waals surface area contributed by atoms with Gasteiger partial charge < -0.3 is 15.8 Å². The second-order valence-corrected chi connectivity index (χ2v) is 5.66. The van der Waals surface area contributed by atoms with Gasteiger partial charge in [0.2, 0.25) is 5.91 Å². The Balaban J connectivity index is 1.65. The molecule has 4 heteroatoms. The van der Waals surface area contributed by atoms with Crippen molar-refractivity contribution in [3.05, 3.63) is 35.9 Å². The third-order valence-corrected chi connectivity index (χ3v) is 4.00. The van der Waals surface area contributed by atoms with Crippen molar-refractivity contribution < 1.29 is 9.53 Å². The van der Waals surface area contributed by atoms with Crippen LogP contribution in [0, 0.1) is 0 Å². The van der Waals surface area contributed by atoms with Crippen LogP contribution in [0.25, 0.3) is 0 Å². The predicted octanol–water partition coefficient (Wildman–Crippen LogP) is 2.54. The third kappa shape index (κ3) is 5.48. The number of carbonyl (C=O) groups excluding carboxylic acids is 1. The molecular formula is C17H26N2O2. The molecule has 0 heterocycles. The van der Waals surface area contributed by atoms with E-state index in [0.717, 1.165) is 18.4 Å². The van der Waals surface area contributed by atoms with Gasteiger partial charge in [0, 0.05) is 6.54 Å². The van der Waals surface area contributed by atoms with Crippen LogP contribution in [0.5, 0.6) is 0 Å². The average molecular weight is 290 g/mol. The maximum atomic E-state index is 12.0. The molecule has 0 aromatic heterocycles. The highest BCUT2D eigenvalue weighted by Gasteiger charge is 2.15. The molecule has 0 spiro atoms. The zero-order chi connectivity index (χ0) is 14.9. The van der Waals surface area contributed by atoms with E-state index < -0.39 is 6.04 Å². The normalized spacial score (nSPS) is 18.0. The second kappa shape index (κ2) is 8.80. The molecule has 1 aliphatic rings. The number of hydrogen-bond donors (Lipinski definition) is 2. The first-order valence-electron chi connectivity index (χ1n) is 7.97. The van der Waals surface area contributed by atoms with E-state index in [-0.39, 0.29) is 5.91 Å². The van der Waals surface area contributed by atoms with Crippen LogP contribution < -0.4 is 11.1 Å². The molecule has 1 saturated carbocycles. The molecular weight excluding hydrogens is 264 g/mol. The quantitative estimate of drug-likeness (QED) is 0.625. The van der Waals surface area contributed by atoms with Gasteiger partial charge in [-0.15, -0.1) is 0 Å². The fourth-order valence-corrected chi connectivity index (χ4v) is 2.73. The van der Waals surface area contributed by atoms with E-state index in [1.165, 1.54) is 25.7 Å². The number of nitrogens with two attached hydrogens (primary N) is 1. The summed E-state index contributed by atoms with van der Waals surface area (Å²) in [5.74, 6) is -0.148. The molecule has 2 rings (SSSR count). The van der Waals surface area contributed by atoms with Crippen LogP contribution >= 0.6 is 0 Å². The third-order valence-electron chi connectivity index (χ3n) is 4.00. The Hall–Kier alpha value is -1.39. The van der Waals surface area contributed by atoms with Gasteiger partial charge in [-0.25, -0.2) is 0 Å². The smallest absolute Gasteiger partial charge is 0.241 e. The van der Waals surface area contributed by atoms with Gasteiger partial charge in [0.25, 0.3) is 0 Å². The summed E-state index contributed by atoms with van der Waals surface area (Å²) in [5, 5.41) is 2.85. The van der Waals surface area contributed by atoms with E-state index in [1.54, 1.807) is 0 Å². The monoisotopic (exact) mass is 290 g/mol. The fourth-order valence-electron chi connectivity index (χ4n) is 2.73. The van der Waals surface area contributed by atoms with E-state index in [9.17, 15) is 4.79 Å². The van der Waals surface area contributed by atoms with Crippen LogP contribution in [0.1, 0.15) is 50.1 Å². The molecule has 0 bridgehead atoms. The van der Waals surface area contributed by atoms with E-state index >= 15 is 0 Å². The maximum absolute atomic E-state index is 12.0. The van der Waals surface area contributed by atoms with E-state index in [1.807, 2.05) is 30.3 Å². The summed E-state index contributed by atoms with van der Waals surface area (Å²) in [6, 6.07) is 8.81. The van der Waals surface area contributed by atoms with Crippen molar-refractivity contribution in [3.8, 4) is 0 Å².